The third-order valence-electron chi connectivity index (χ3n) is 12.7. The number of pyridine rings is 2. The molecule has 65 heavy (non-hydrogen) atoms. The monoisotopic (exact) mass is 929 g/mol. The molecule has 7 rings (SSSR count). The van der Waals surface area contributed by atoms with Crippen LogP contribution < -0.4 is 14.5 Å². The Bertz CT molecular complexity index is 2640. The number of fused-ring (bicyclic) bond motifs is 6. The number of carbonyl (C=O) groups excluding carboxylic acids is 2. The summed E-state index contributed by atoms with van der Waals surface area (Å²) < 4.78 is 49.5. The van der Waals surface area contributed by atoms with Crippen molar-refractivity contribution in [2.24, 2.45) is 0 Å². The molecule has 2 saturated heterocycles. The molecule has 15 nitrogen and oxygen atoms in total. The van der Waals surface area contributed by atoms with Crippen LogP contribution in [0.1, 0.15) is 108 Å². The van der Waals surface area contributed by atoms with Gasteiger partial charge in [-0.05, 0) is 95.5 Å². The van der Waals surface area contributed by atoms with Gasteiger partial charge in [0.2, 0.25) is 11.0 Å². The van der Waals surface area contributed by atoms with Crippen LogP contribution in [-0.2, 0) is 20.3 Å². The number of amides is 3. The van der Waals surface area contributed by atoms with Crippen molar-refractivity contribution in [1.82, 2.24) is 24.8 Å². The van der Waals surface area contributed by atoms with Gasteiger partial charge >= 0.3 is 18.3 Å². The number of halogens is 1. The van der Waals surface area contributed by atoms with Gasteiger partial charge in [0.1, 0.15) is 59.3 Å². The number of imide groups is 1. The van der Waals surface area contributed by atoms with E-state index in [1.54, 1.807) is 60.6 Å². The summed E-state index contributed by atoms with van der Waals surface area (Å²) in [5, 5.41) is 11.1. The second-order valence-corrected chi connectivity index (χ2v) is 27.1. The van der Waals surface area contributed by atoms with Crippen molar-refractivity contribution in [3.63, 3.8) is 0 Å². The van der Waals surface area contributed by atoms with Crippen molar-refractivity contribution >= 4 is 70.5 Å². The van der Waals surface area contributed by atoms with Crippen LogP contribution >= 0.6 is 0 Å². The van der Waals surface area contributed by atoms with E-state index < -0.39 is 72.4 Å². The Morgan fingerprint density at radius 1 is 0.923 bits per heavy atom. The fraction of sp³-hybridized carbons (Fsp3) is 0.553. The van der Waals surface area contributed by atoms with Crippen molar-refractivity contribution in [2.75, 3.05) is 22.6 Å². The molecule has 348 valence electrons. The molecule has 5 unspecified atom stereocenters. The number of carboxylic acid groups (broad SMARTS) is 1. The molecule has 4 aromatic rings. The zero-order valence-electron chi connectivity index (χ0n) is 39.7. The van der Waals surface area contributed by atoms with Crippen LogP contribution in [0.3, 0.4) is 0 Å². The van der Waals surface area contributed by atoms with Crippen LogP contribution in [0.4, 0.5) is 30.4 Å². The summed E-state index contributed by atoms with van der Waals surface area (Å²) in [4.78, 5) is 63.9. The molecule has 0 saturated carbocycles. The molecule has 18 heteroatoms. The zero-order chi connectivity index (χ0) is 47.8. The molecule has 3 amide bonds. The van der Waals surface area contributed by atoms with Gasteiger partial charge in [-0.1, -0.05) is 59.6 Å². The Labute approximate surface area is 383 Å². The van der Waals surface area contributed by atoms with Crippen molar-refractivity contribution < 1.29 is 42.3 Å². The van der Waals surface area contributed by atoms with Gasteiger partial charge in [0.05, 0.1) is 28.9 Å². The third-order valence-corrected chi connectivity index (χ3v) is 19.7. The molecular formula is C47H60FN7O8SSi. The second-order valence-electron chi connectivity index (χ2n) is 20.2. The maximum Gasteiger partial charge on any atom is 0.425 e. The topological polar surface area (TPSA) is 177 Å². The molecule has 1 aromatic carbocycles. The number of hydrogen-bond acceptors (Lipinski definition) is 12. The molecule has 3 aliphatic heterocycles. The summed E-state index contributed by atoms with van der Waals surface area (Å²) in [5.74, 6) is 2.51. The van der Waals surface area contributed by atoms with Crippen LogP contribution in [0.15, 0.2) is 29.4 Å². The molecular weight excluding hydrogens is 870 g/mol. The summed E-state index contributed by atoms with van der Waals surface area (Å²) in [5.41, 5.74) is 2.42. The maximum absolute atomic E-state index is 18.1. The van der Waals surface area contributed by atoms with E-state index in [1.807, 2.05) is 11.0 Å². The van der Waals surface area contributed by atoms with E-state index >= 15 is 4.39 Å². The molecule has 2 fully saturated rings. The molecule has 0 spiro atoms. The predicted octanol–water partition coefficient (Wildman–Crippen LogP) is 9.84. The summed E-state index contributed by atoms with van der Waals surface area (Å²) in [7, 11) is -4.12. The Kier molecular flexibility index (Phi) is 12.5. The average molecular weight is 930 g/mol. The Morgan fingerprint density at radius 3 is 2.09 bits per heavy atom. The number of hydrogen-bond donors (Lipinski definition) is 1. The third kappa shape index (κ3) is 8.61. The normalized spacial score (nSPS) is 20.0. The average Bonchev–Trinajstić information content (AvgIpc) is 3.43. The highest BCUT2D eigenvalue weighted by Gasteiger charge is 2.53. The fourth-order valence-corrected chi connectivity index (χ4v) is 15.8. The van der Waals surface area contributed by atoms with Gasteiger partial charge in [-0.15, -0.1) is 5.54 Å². The lowest BCUT2D eigenvalue weighted by Gasteiger charge is -2.47. The fourth-order valence-electron chi connectivity index (χ4n) is 10.2. The maximum atomic E-state index is 18.1. The van der Waals surface area contributed by atoms with Gasteiger partial charge in [0.15, 0.2) is 5.82 Å². The molecule has 6 heterocycles. The number of piperazine rings is 1. The first kappa shape index (κ1) is 47.5. The van der Waals surface area contributed by atoms with Crippen LogP contribution in [0.2, 0.25) is 16.6 Å². The number of carbonyl (C=O) groups is 3. The first-order chi connectivity index (χ1) is 30.2. The van der Waals surface area contributed by atoms with E-state index in [2.05, 4.69) is 58.0 Å². The van der Waals surface area contributed by atoms with E-state index in [4.69, 9.17) is 29.2 Å². The number of anilines is 2. The number of ether oxygens (including phenoxy) is 3. The highest BCUT2D eigenvalue weighted by Crippen LogP contribution is 2.47. The minimum absolute atomic E-state index is 0.0506. The lowest BCUT2D eigenvalue weighted by molar-refractivity contribution is 0.0428. The van der Waals surface area contributed by atoms with E-state index in [0.717, 1.165) is 0 Å². The minimum atomic E-state index is -2.34. The number of nitrogens with zero attached hydrogens (tertiary/aromatic N) is 7. The van der Waals surface area contributed by atoms with Crippen molar-refractivity contribution in [3.05, 3.63) is 35.6 Å². The van der Waals surface area contributed by atoms with Crippen molar-refractivity contribution in [3.8, 4) is 28.7 Å². The summed E-state index contributed by atoms with van der Waals surface area (Å²) in [6.45, 7) is 25.2. The molecule has 3 aromatic heterocycles. The van der Waals surface area contributed by atoms with Crippen molar-refractivity contribution in [1.29, 1.82) is 0 Å². The highest BCUT2D eigenvalue weighted by molar-refractivity contribution is 7.84. The first-order valence-corrected chi connectivity index (χ1v) is 26.0. The van der Waals surface area contributed by atoms with Gasteiger partial charge in [-0.3, -0.25) is 9.11 Å². The van der Waals surface area contributed by atoms with Crippen LogP contribution in [0.5, 0.6) is 5.88 Å². The van der Waals surface area contributed by atoms with Gasteiger partial charge < -0.3 is 24.2 Å². The standard InChI is InChI=1S/C47H60FN7O8SSi/c1-24(2)65(25(3)4,26(5)6)21-20-28-16-15-17-29-22-32(55(44(58)62-46(8,9)10)45(59)63-47(11,12)13)49-37(33(28)29)38-35(48)36-34-40(52-42(51-36)64(14)60)53-23-30-18-19-31(54(30)43(56)57)39(53)27(7)61-41(34)50-38/h15-17,22,24-27,30-31,39H,18-19,23H2,1-14H3,(H,56,57). The van der Waals surface area contributed by atoms with E-state index in [-0.39, 0.29) is 57.5 Å². The second kappa shape index (κ2) is 17.1. The quantitative estimate of drug-likeness (QED) is 0.110. The predicted molar refractivity (Wildman–Crippen MR) is 251 cm³/mol. The van der Waals surface area contributed by atoms with Gasteiger partial charge in [-0.25, -0.2) is 38.7 Å². The van der Waals surface area contributed by atoms with Gasteiger partial charge in [-0.2, -0.15) is 4.90 Å². The Balaban J connectivity index is 1.57. The van der Waals surface area contributed by atoms with Crippen LogP contribution in [-0.4, -0.2) is 109 Å². The largest absolute Gasteiger partial charge is 0.472 e. The molecule has 2 bridgehead atoms. The van der Waals surface area contributed by atoms with Crippen LogP contribution in [0.25, 0.3) is 33.1 Å². The highest BCUT2D eigenvalue weighted by atomic mass is 32.2. The molecule has 3 aliphatic rings. The number of aromatic nitrogens is 4. The summed E-state index contributed by atoms with van der Waals surface area (Å²) in [6.07, 6.45) is -1.31. The smallest absolute Gasteiger partial charge is 0.425 e. The van der Waals surface area contributed by atoms with Gasteiger partial charge in [0, 0.05) is 23.8 Å². The minimum Gasteiger partial charge on any atom is -0.472 e. The van der Waals surface area contributed by atoms with Crippen LogP contribution in [0, 0.1) is 17.3 Å². The van der Waals surface area contributed by atoms with E-state index in [0.29, 0.717) is 50.7 Å². The number of benzene rings is 1. The van der Waals surface area contributed by atoms with Crippen molar-refractivity contribution in [2.45, 2.75) is 160 Å². The van der Waals surface area contributed by atoms with E-state index in [1.165, 1.54) is 17.2 Å². The Morgan fingerprint density at radius 2 is 1.54 bits per heavy atom. The van der Waals surface area contributed by atoms with Gasteiger partial charge in [0.25, 0.3) is 0 Å². The molecule has 1 N–H and O–H groups in total. The lowest BCUT2D eigenvalue weighted by Crippen LogP contribution is -2.64. The molecule has 0 aliphatic carbocycles. The first-order valence-electron chi connectivity index (χ1n) is 22.2. The zero-order valence-corrected chi connectivity index (χ0v) is 41.5. The lowest BCUT2D eigenvalue weighted by atomic mass is 9.98. The molecule has 0 radical (unpaired) electrons. The number of rotatable bonds is 6. The molecule has 5 atom stereocenters. The summed E-state index contributed by atoms with van der Waals surface area (Å²) >= 11 is 0. The van der Waals surface area contributed by atoms with E-state index in [9.17, 15) is 23.7 Å². The summed E-state index contributed by atoms with van der Waals surface area (Å²) in [6, 6.07) is 5.50. The SMILES string of the molecule is CC1Oc2nc(-c3nc(N(C(=O)OC(C)(C)C)C(=O)OC(C)(C)C)cc4cccc(C#C[Si](C(C)C)(C(C)C)C(C)C)c34)c(F)c3nc(S(C)=O)nc(c23)N2CC3CCC(C12)N3C(=O)O. The Hall–Kier alpha value is -5.41.